The summed E-state index contributed by atoms with van der Waals surface area (Å²) in [5.41, 5.74) is 1.40. The summed E-state index contributed by atoms with van der Waals surface area (Å²) < 4.78 is 0.766. The highest BCUT2D eigenvalue weighted by Gasteiger charge is 2.66. The van der Waals surface area contributed by atoms with E-state index < -0.39 is 0 Å². The summed E-state index contributed by atoms with van der Waals surface area (Å²) in [6, 6.07) is 3.55. The predicted octanol–water partition coefficient (Wildman–Crippen LogP) is 3.79. The van der Waals surface area contributed by atoms with E-state index >= 15 is 0 Å². The summed E-state index contributed by atoms with van der Waals surface area (Å²) in [7, 11) is 0. The van der Waals surface area contributed by atoms with Crippen LogP contribution < -0.4 is 5.32 Å². The lowest BCUT2D eigenvalue weighted by molar-refractivity contribution is -0.140. The molecular weight excluding hydrogens is 444 g/mol. The van der Waals surface area contributed by atoms with Gasteiger partial charge in [-0.1, -0.05) is 23.8 Å². The molecule has 1 aliphatic heterocycles. The highest BCUT2D eigenvalue weighted by atomic mass is 79.9. The third kappa shape index (κ3) is 2.61. The predicted molar refractivity (Wildman–Crippen MR) is 109 cm³/mol. The fourth-order valence-corrected chi connectivity index (χ4v) is 6.05. The van der Waals surface area contributed by atoms with Crippen LogP contribution in [0.25, 0.3) is 0 Å². The summed E-state index contributed by atoms with van der Waals surface area (Å²) in [5, 5.41) is 3.38. The third-order valence-corrected chi connectivity index (χ3v) is 8.31. The smallest absolute Gasteiger partial charge is 0.233 e. The van der Waals surface area contributed by atoms with Gasteiger partial charge in [-0.05, 0) is 70.6 Å². The molecule has 6 rings (SSSR count). The van der Waals surface area contributed by atoms with Gasteiger partial charge in [0.25, 0.3) is 0 Å². The quantitative estimate of drug-likeness (QED) is 0.546. The van der Waals surface area contributed by atoms with Gasteiger partial charge in [0.2, 0.25) is 17.7 Å². The Bertz CT molecular complexity index is 910. The molecule has 5 nitrogen and oxygen atoms in total. The van der Waals surface area contributed by atoms with Crippen LogP contribution in [0.3, 0.4) is 0 Å². The van der Waals surface area contributed by atoms with Crippen molar-refractivity contribution in [1.82, 2.24) is 4.90 Å². The summed E-state index contributed by atoms with van der Waals surface area (Å²) in [4.78, 5) is 39.6. The van der Waals surface area contributed by atoms with Crippen molar-refractivity contribution in [3.05, 3.63) is 39.3 Å². The Hall–Kier alpha value is -1.66. The van der Waals surface area contributed by atoms with Gasteiger partial charge in [0.1, 0.15) is 0 Å². The van der Waals surface area contributed by atoms with Crippen molar-refractivity contribution in [3.8, 4) is 0 Å². The molecule has 4 aliphatic carbocycles. The van der Waals surface area contributed by atoms with Crippen LogP contribution in [-0.2, 0) is 14.4 Å². The molecule has 28 heavy (non-hydrogen) atoms. The molecule has 2 bridgehead atoms. The Morgan fingerprint density at radius 2 is 1.79 bits per heavy atom. The molecule has 7 heteroatoms. The summed E-state index contributed by atoms with van der Waals surface area (Å²) in [6.45, 7) is 1.96. The van der Waals surface area contributed by atoms with E-state index in [9.17, 15) is 14.4 Å². The number of hydrogen-bond acceptors (Lipinski definition) is 3. The highest BCUT2D eigenvalue weighted by molar-refractivity contribution is 9.10. The fraction of sp³-hybridized carbons (Fsp3) is 0.476. The van der Waals surface area contributed by atoms with Crippen LogP contribution in [0.15, 0.2) is 28.8 Å². The molecule has 1 aromatic carbocycles. The lowest BCUT2D eigenvalue weighted by Crippen LogP contribution is -2.40. The van der Waals surface area contributed by atoms with Gasteiger partial charge in [-0.2, -0.15) is 0 Å². The summed E-state index contributed by atoms with van der Waals surface area (Å²) in [5.74, 6) is 0.767. The van der Waals surface area contributed by atoms with E-state index in [-0.39, 0.29) is 54.4 Å². The average Bonchev–Trinajstić information content (AvgIpc) is 3.46. The molecule has 0 aromatic heterocycles. The van der Waals surface area contributed by atoms with Gasteiger partial charge in [-0.25, -0.2) is 0 Å². The zero-order valence-electron chi connectivity index (χ0n) is 15.3. The van der Waals surface area contributed by atoms with E-state index in [0.29, 0.717) is 22.5 Å². The molecular formula is C21H20BrClN2O3. The Labute approximate surface area is 176 Å². The Balaban J connectivity index is 1.25. The number of allylic oxidation sites excluding steroid dienone is 2. The van der Waals surface area contributed by atoms with Crippen LogP contribution in [0, 0.1) is 42.4 Å². The third-order valence-electron chi connectivity index (χ3n) is 6.93. The molecule has 6 atom stereocenters. The summed E-state index contributed by atoms with van der Waals surface area (Å²) >= 11 is 9.56. The van der Waals surface area contributed by atoms with Crippen LogP contribution in [0.4, 0.5) is 5.69 Å². The second-order valence-corrected chi connectivity index (χ2v) is 9.55. The minimum atomic E-state index is -0.235. The molecule has 1 heterocycles. The van der Waals surface area contributed by atoms with Gasteiger partial charge in [-0.15, -0.1) is 0 Å². The van der Waals surface area contributed by atoms with Crippen LogP contribution in [-0.4, -0.2) is 29.2 Å². The van der Waals surface area contributed by atoms with E-state index in [1.807, 2.05) is 6.92 Å². The standard InChI is InChI=1S/C21H20BrClN2O3/c1-9-15(5-4-14(22)19(9)23)24-16(26)6-7-25-20(27)17-10-2-3-11(13-8-12(10)13)18(17)21(25)28/h2-5,10-13,17-18H,6-8H2,1H3,(H,24,26)/t10-,11-,12-,13+,17+,18+/m0/s1. The maximum atomic E-state index is 12.9. The number of nitrogens with zero attached hydrogens (tertiary/aromatic N) is 1. The number of amides is 3. The largest absolute Gasteiger partial charge is 0.326 e. The molecule has 0 spiro atoms. The number of halogens is 2. The SMILES string of the molecule is Cc1c(NC(=O)CCN2C(=O)[C@@H]3[C@H]4C=C[C@@H]([C@@H]5C[C@H]45)[C@H]3C2=O)ccc(Br)c1Cl. The van der Waals surface area contributed by atoms with Crippen molar-refractivity contribution in [2.75, 3.05) is 11.9 Å². The Morgan fingerprint density at radius 3 is 2.39 bits per heavy atom. The molecule has 2 saturated carbocycles. The van der Waals surface area contributed by atoms with E-state index in [0.717, 1.165) is 16.5 Å². The first-order chi connectivity index (χ1) is 13.4. The van der Waals surface area contributed by atoms with Crippen molar-refractivity contribution in [2.45, 2.75) is 19.8 Å². The zero-order chi connectivity index (χ0) is 19.7. The van der Waals surface area contributed by atoms with Gasteiger partial charge in [-0.3, -0.25) is 19.3 Å². The first kappa shape index (κ1) is 18.4. The number of carbonyl (C=O) groups is 3. The second kappa shape index (κ2) is 6.42. The number of likely N-dealkylation sites (tertiary alicyclic amines) is 1. The number of imide groups is 1. The second-order valence-electron chi connectivity index (χ2n) is 8.31. The van der Waals surface area contributed by atoms with Crippen LogP contribution in [0.2, 0.25) is 5.02 Å². The first-order valence-electron chi connectivity index (χ1n) is 9.66. The fourth-order valence-electron chi connectivity index (χ4n) is 5.45. The summed E-state index contributed by atoms with van der Waals surface area (Å²) in [6.07, 6.45) is 5.54. The van der Waals surface area contributed by atoms with Crippen LogP contribution in [0.1, 0.15) is 18.4 Å². The number of nitrogens with one attached hydrogen (secondary N) is 1. The maximum Gasteiger partial charge on any atom is 0.233 e. The van der Waals surface area contributed by atoms with E-state index in [1.165, 1.54) is 4.90 Å². The molecule has 3 amide bonds. The molecule has 5 aliphatic rings. The van der Waals surface area contributed by atoms with Gasteiger partial charge < -0.3 is 5.32 Å². The molecule has 1 saturated heterocycles. The number of rotatable bonds is 4. The van der Waals surface area contributed by atoms with E-state index in [4.69, 9.17) is 11.6 Å². The van der Waals surface area contributed by atoms with Crippen molar-refractivity contribution in [3.63, 3.8) is 0 Å². The molecule has 0 radical (unpaired) electrons. The maximum absolute atomic E-state index is 12.9. The highest BCUT2D eigenvalue weighted by Crippen LogP contribution is 2.65. The average molecular weight is 464 g/mol. The topological polar surface area (TPSA) is 66.5 Å². The number of carbonyl (C=O) groups excluding carboxylic acids is 3. The Morgan fingerprint density at radius 1 is 1.18 bits per heavy atom. The van der Waals surface area contributed by atoms with Crippen molar-refractivity contribution in [2.24, 2.45) is 35.5 Å². The molecule has 1 aromatic rings. The van der Waals surface area contributed by atoms with Crippen LogP contribution >= 0.6 is 27.5 Å². The lowest BCUT2D eigenvalue weighted by Gasteiger charge is -2.37. The van der Waals surface area contributed by atoms with Gasteiger partial charge in [0.05, 0.1) is 16.9 Å². The minimum Gasteiger partial charge on any atom is -0.326 e. The van der Waals surface area contributed by atoms with E-state index in [2.05, 4.69) is 33.4 Å². The van der Waals surface area contributed by atoms with Crippen molar-refractivity contribution in [1.29, 1.82) is 0 Å². The number of hydrogen-bond donors (Lipinski definition) is 1. The molecule has 3 fully saturated rings. The minimum absolute atomic E-state index is 0.0830. The monoisotopic (exact) mass is 462 g/mol. The van der Waals surface area contributed by atoms with Crippen molar-refractivity contribution < 1.29 is 14.4 Å². The first-order valence-corrected chi connectivity index (χ1v) is 10.8. The van der Waals surface area contributed by atoms with E-state index in [1.54, 1.807) is 12.1 Å². The van der Waals surface area contributed by atoms with Crippen molar-refractivity contribution >= 4 is 50.9 Å². The molecule has 1 N–H and O–H groups in total. The number of anilines is 1. The number of benzene rings is 1. The van der Waals surface area contributed by atoms with Gasteiger partial charge in [0, 0.05) is 23.1 Å². The Kier molecular flexibility index (Phi) is 4.22. The normalized spacial score (nSPS) is 34.5. The van der Waals surface area contributed by atoms with Gasteiger partial charge in [0.15, 0.2) is 0 Å². The molecule has 0 unspecified atom stereocenters. The lowest BCUT2D eigenvalue weighted by atomic mass is 9.63. The molecule has 146 valence electrons. The zero-order valence-corrected chi connectivity index (χ0v) is 17.7. The van der Waals surface area contributed by atoms with Crippen LogP contribution in [0.5, 0.6) is 0 Å². The van der Waals surface area contributed by atoms with Gasteiger partial charge >= 0.3 is 0 Å².